The lowest BCUT2D eigenvalue weighted by atomic mass is 10.2. The predicted octanol–water partition coefficient (Wildman–Crippen LogP) is 1.17. The van der Waals surface area contributed by atoms with Crippen LogP contribution in [-0.2, 0) is 14.3 Å². The molecule has 8 nitrogen and oxygen atoms in total. The van der Waals surface area contributed by atoms with E-state index in [0.29, 0.717) is 6.61 Å². The molecule has 0 fully saturated rings. The van der Waals surface area contributed by atoms with Crippen LogP contribution >= 0.6 is 11.6 Å². The van der Waals surface area contributed by atoms with Gasteiger partial charge in [-0.2, -0.15) is 0 Å². The molecule has 0 radical (unpaired) electrons. The van der Waals surface area contributed by atoms with E-state index in [1.54, 1.807) is 0 Å². The van der Waals surface area contributed by atoms with Gasteiger partial charge >= 0.3 is 5.97 Å². The highest BCUT2D eigenvalue weighted by Crippen LogP contribution is 2.22. The van der Waals surface area contributed by atoms with Crippen LogP contribution in [0.5, 0.6) is 0 Å². The summed E-state index contributed by atoms with van der Waals surface area (Å²) < 4.78 is 9.47. The molecule has 114 valence electrons. The van der Waals surface area contributed by atoms with E-state index >= 15 is 0 Å². The van der Waals surface area contributed by atoms with Crippen LogP contribution < -0.4 is 5.32 Å². The first-order valence-corrected chi connectivity index (χ1v) is 6.20. The van der Waals surface area contributed by atoms with Crippen LogP contribution in [-0.4, -0.2) is 43.7 Å². The molecular weight excluding hydrogens is 304 g/mol. The van der Waals surface area contributed by atoms with Gasteiger partial charge in [-0.3, -0.25) is 14.9 Å². The fraction of sp³-hybridized carbons (Fsp3) is 0.333. The van der Waals surface area contributed by atoms with Crippen LogP contribution in [0.25, 0.3) is 0 Å². The molecule has 0 aliphatic rings. The molecule has 0 aromatic heterocycles. The molecule has 1 rings (SSSR count). The molecule has 0 saturated heterocycles. The molecule has 0 spiro atoms. The van der Waals surface area contributed by atoms with Crippen LogP contribution in [0.4, 0.5) is 5.69 Å². The molecule has 1 aromatic carbocycles. The number of nitrogens with zero attached hydrogens (tertiary/aromatic N) is 1. The summed E-state index contributed by atoms with van der Waals surface area (Å²) in [5, 5.41) is 13.1. The van der Waals surface area contributed by atoms with E-state index < -0.39 is 23.4 Å². The Labute approximate surface area is 125 Å². The number of rotatable bonds is 7. The van der Waals surface area contributed by atoms with Crippen molar-refractivity contribution in [2.45, 2.75) is 0 Å². The lowest BCUT2D eigenvalue weighted by molar-refractivity contribution is -0.384. The normalized spacial score (nSPS) is 10.0. The van der Waals surface area contributed by atoms with Crippen molar-refractivity contribution in [2.24, 2.45) is 0 Å². The minimum Gasteiger partial charge on any atom is -0.452 e. The first-order valence-electron chi connectivity index (χ1n) is 5.82. The number of nitrogens with one attached hydrogen (secondary N) is 1. The number of carbonyl (C=O) groups excluding carboxylic acids is 2. The first kappa shape index (κ1) is 16.9. The number of methoxy groups -OCH3 is 1. The third-order valence-corrected chi connectivity index (χ3v) is 2.67. The summed E-state index contributed by atoms with van der Waals surface area (Å²) >= 11 is 5.77. The zero-order valence-electron chi connectivity index (χ0n) is 11.1. The highest BCUT2D eigenvalue weighted by Gasteiger charge is 2.18. The van der Waals surface area contributed by atoms with Crippen molar-refractivity contribution in [3.63, 3.8) is 0 Å². The van der Waals surface area contributed by atoms with Crippen molar-refractivity contribution < 1.29 is 24.0 Å². The number of hydrogen-bond donors (Lipinski definition) is 1. The van der Waals surface area contributed by atoms with Gasteiger partial charge in [0.05, 0.1) is 22.1 Å². The molecule has 0 saturated carbocycles. The van der Waals surface area contributed by atoms with Crippen molar-refractivity contribution >= 4 is 29.2 Å². The summed E-state index contributed by atoms with van der Waals surface area (Å²) in [5.41, 5.74) is -0.466. The maximum atomic E-state index is 11.7. The van der Waals surface area contributed by atoms with E-state index in [2.05, 4.69) is 5.32 Å². The van der Waals surface area contributed by atoms with Crippen molar-refractivity contribution in [3.8, 4) is 0 Å². The van der Waals surface area contributed by atoms with Gasteiger partial charge in [0.25, 0.3) is 11.6 Å². The molecule has 1 amide bonds. The molecular formula is C12H13ClN2O6. The quantitative estimate of drug-likeness (QED) is 0.350. The minimum absolute atomic E-state index is 0.00499. The Kier molecular flexibility index (Phi) is 6.57. The molecule has 0 unspecified atom stereocenters. The fourth-order valence-corrected chi connectivity index (χ4v) is 1.53. The Bertz CT molecular complexity index is 549. The Morgan fingerprint density at radius 2 is 2.14 bits per heavy atom. The summed E-state index contributed by atoms with van der Waals surface area (Å²) in [4.78, 5) is 33.0. The Morgan fingerprint density at radius 1 is 1.43 bits per heavy atom. The van der Waals surface area contributed by atoms with E-state index in [-0.39, 0.29) is 22.8 Å². The van der Waals surface area contributed by atoms with E-state index in [4.69, 9.17) is 21.1 Å². The lowest BCUT2D eigenvalue weighted by Gasteiger charge is -2.07. The van der Waals surface area contributed by atoms with Gasteiger partial charge in [-0.1, -0.05) is 11.6 Å². The average molecular weight is 317 g/mol. The second-order valence-electron chi connectivity index (χ2n) is 3.84. The number of non-ortho nitro benzene ring substituents is 1. The number of nitro benzene ring substituents is 1. The Morgan fingerprint density at radius 3 is 2.76 bits per heavy atom. The third-order valence-electron chi connectivity index (χ3n) is 2.34. The molecule has 1 N–H and O–H groups in total. The summed E-state index contributed by atoms with van der Waals surface area (Å²) in [7, 11) is 1.48. The third kappa shape index (κ3) is 5.36. The van der Waals surface area contributed by atoms with Crippen LogP contribution in [0, 0.1) is 10.1 Å². The molecule has 0 heterocycles. The largest absolute Gasteiger partial charge is 0.452 e. The zero-order chi connectivity index (χ0) is 15.8. The highest BCUT2D eigenvalue weighted by atomic mass is 35.5. The predicted molar refractivity (Wildman–Crippen MR) is 73.3 cm³/mol. The number of esters is 1. The van der Waals surface area contributed by atoms with E-state index in [1.807, 2.05) is 0 Å². The first-order chi connectivity index (χ1) is 9.95. The second kappa shape index (κ2) is 8.18. The molecule has 21 heavy (non-hydrogen) atoms. The van der Waals surface area contributed by atoms with Crippen LogP contribution in [0.1, 0.15) is 10.4 Å². The van der Waals surface area contributed by atoms with Gasteiger partial charge in [-0.05, 0) is 6.07 Å². The maximum Gasteiger partial charge on any atom is 0.340 e. The second-order valence-corrected chi connectivity index (χ2v) is 4.25. The van der Waals surface area contributed by atoms with E-state index in [9.17, 15) is 19.7 Å². The van der Waals surface area contributed by atoms with Crippen LogP contribution in [0.15, 0.2) is 18.2 Å². The number of amides is 1. The maximum absolute atomic E-state index is 11.7. The van der Waals surface area contributed by atoms with Gasteiger partial charge in [0.1, 0.15) is 0 Å². The van der Waals surface area contributed by atoms with Gasteiger partial charge in [0.2, 0.25) is 0 Å². The topological polar surface area (TPSA) is 108 Å². The monoisotopic (exact) mass is 316 g/mol. The summed E-state index contributed by atoms with van der Waals surface area (Å²) in [6.07, 6.45) is 0. The summed E-state index contributed by atoms with van der Waals surface area (Å²) in [5.74, 6) is -1.42. The van der Waals surface area contributed by atoms with Gasteiger partial charge < -0.3 is 14.8 Å². The van der Waals surface area contributed by atoms with Gasteiger partial charge in [-0.25, -0.2) is 4.79 Å². The highest BCUT2D eigenvalue weighted by molar-refractivity contribution is 6.33. The zero-order valence-corrected chi connectivity index (χ0v) is 11.9. The number of halogens is 1. The van der Waals surface area contributed by atoms with Crippen molar-refractivity contribution in [3.05, 3.63) is 38.9 Å². The summed E-state index contributed by atoms with van der Waals surface area (Å²) in [6.45, 7) is 0.0996. The van der Waals surface area contributed by atoms with Crippen LogP contribution in [0.2, 0.25) is 5.02 Å². The smallest absolute Gasteiger partial charge is 0.340 e. The van der Waals surface area contributed by atoms with E-state index in [1.165, 1.54) is 13.2 Å². The number of benzene rings is 1. The standard InChI is InChI=1S/C12H13ClN2O6/c1-20-5-4-14-11(16)7-21-12(17)9-6-8(15(18)19)2-3-10(9)13/h2-3,6H,4-5,7H2,1H3,(H,14,16). The molecule has 9 heteroatoms. The average Bonchev–Trinajstić information content (AvgIpc) is 2.45. The Balaban J connectivity index is 2.61. The van der Waals surface area contributed by atoms with Crippen LogP contribution in [0.3, 0.4) is 0 Å². The number of nitro groups is 1. The van der Waals surface area contributed by atoms with Gasteiger partial charge in [0, 0.05) is 25.8 Å². The Hall–Kier alpha value is -2.19. The van der Waals surface area contributed by atoms with Crippen molar-refractivity contribution in [2.75, 3.05) is 26.9 Å². The number of hydrogen-bond acceptors (Lipinski definition) is 6. The summed E-state index contributed by atoms with van der Waals surface area (Å²) in [6, 6.07) is 3.37. The van der Waals surface area contributed by atoms with Crippen molar-refractivity contribution in [1.82, 2.24) is 5.32 Å². The minimum atomic E-state index is -0.911. The number of ether oxygens (including phenoxy) is 2. The number of carbonyl (C=O) groups is 2. The van der Waals surface area contributed by atoms with E-state index in [0.717, 1.165) is 12.1 Å². The van der Waals surface area contributed by atoms with Gasteiger partial charge in [0.15, 0.2) is 6.61 Å². The molecule has 0 atom stereocenters. The molecule has 0 aliphatic carbocycles. The van der Waals surface area contributed by atoms with Crippen molar-refractivity contribution in [1.29, 1.82) is 0 Å². The fourth-order valence-electron chi connectivity index (χ4n) is 1.34. The SMILES string of the molecule is COCCNC(=O)COC(=O)c1cc([N+](=O)[O-])ccc1Cl. The molecule has 1 aromatic rings. The molecule has 0 bridgehead atoms. The molecule has 0 aliphatic heterocycles. The lowest BCUT2D eigenvalue weighted by Crippen LogP contribution is -2.31. The van der Waals surface area contributed by atoms with Gasteiger partial charge in [-0.15, -0.1) is 0 Å².